The first kappa shape index (κ1) is 22.7. The Morgan fingerprint density at radius 3 is 2.40 bits per heavy atom. The topological polar surface area (TPSA) is 128 Å². The normalized spacial score (nSPS) is 12.0. The van der Waals surface area contributed by atoms with E-state index in [-0.39, 0.29) is 13.0 Å². The molecule has 2 rings (SSSR count). The van der Waals surface area contributed by atoms with Crippen molar-refractivity contribution >= 4 is 17.7 Å². The molecule has 1 unspecified atom stereocenters. The van der Waals surface area contributed by atoms with Crippen LogP contribution in [0.25, 0.3) is 0 Å². The minimum absolute atomic E-state index is 0.00188. The molecule has 9 heteroatoms. The molecule has 0 aliphatic heterocycles. The van der Waals surface area contributed by atoms with Gasteiger partial charge in [-0.2, -0.15) is 0 Å². The number of benzene rings is 2. The minimum Gasteiger partial charge on any atom is -0.502 e. The zero-order valence-electron chi connectivity index (χ0n) is 17.0. The average Bonchev–Trinajstić information content (AvgIpc) is 2.66. The summed E-state index contributed by atoms with van der Waals surface area (Å²) in [6.07, 6.45) is -0.911. The predicted molar refractivity (Wildman–Crippen MR) is 108 cm³/mol. The molecule has 0 aliphatic carbocycles. The third-order valence-electron chi connectivity index (χ3n) is 3.88. The molecular weight excluding hydrogens is 392 g/mol. The number of nitro benzene ring substituents is 1. The van der Waals surface area contributed by atoms with Crippen molar-refractivity contribution in [2.75, 3.05) is 0 Å². The summed E-state index contributed by atoms with van der Waals surface area (Å²) in [7, 11) is 0. The van der Waals surface area contributed by atoms with Crippen molar-refractivity contribution in [2.45, 2.75) is 45.4 Å². The fourth-order valence-electron chi connectivity index (χ4n) is 2.55. The second-order valence-electron chi connectivity index (χ2n) is 7.58. The molecule has 2 N–H and O–H groups in total. The number of phenols is 1. The van der Waals surface area contributed by atoms with Crippen molar-refractivity contribution in [3.8, 4) is 5.75 Å². The number of rotatable bonds is 7. The summed E-state index contributed by atoms with van der Waals surface area (Å²) >= 11 is 0. The van der Waals surface area contributed by atoms with Gasteiger partial charge in [0, 0.05) is 12.5 Å². The van der Waals surface area contributed by atoms with E-state index in [9.17, 15) is 24.8 Å². The maximum absolute atomic E-state index is 12.6. The molecule has 0 saturated carbocycles. The van der Waals surface area contributed by atoms with Gasteiger partial charge in [-0.3, -0.25) is 10.1 Å². The van der Waals surface area contributed by atoms with E-state index in [2.05, 4.69) is 5.32 Å². The highest BCUT2D eigenvalue weighted by atomic mass is 16.6. The number of hydrogen-bond donors (Lipinski definition) is 2. The molecule has 0 saturated heterocycles. The Hall–Kier alpha value is -3.62. The molecule has 0 aromatic heterocycles. The van der Waals surface area contributed by atoms with Crippen LogP contribution in [-0.2, 0) is 27.3 Å². The molecule has 1 amide bonds. The summed E-state index contributed by atoms with van der Waals surface area (Å²) < 4.78 is 10.5. The quantitative estimate of drug-likeness (QED) is 0.402. The van der Waals surface area contributed by atoms with Crippen molar-refractivity contribution in [3.05, 3.63) is 69.8 Å². The number of alkyl carbamates (subject to hydrolysis) is 1. The van der Waals surface area contributed by atoms with Crippen LogP contribution in [0.15, 0.2) is 48.5 Å². The standard InChI is InChI=1S/C21H24N2O7/c1-21(2,3)30-20(26)22-16(19(25)29-13-14-7-5-4-6-8-14)11-15-9-10-18(24)17(12-15)23(27)28/h4-10,12,16,24H,11,13H2,1-3H3,(H,22,26). The minimum atomic E-state index is -1.15. The smallest absolute Gasteiger partial charge is 0.408 e. The molecule has 2 aromatic rings. The molecule has 160 valence electrons. The molecule has 0 aliphatic rings. The Balaban J connectivity index is 2.17. The Kier molecular flexibility index (Phi) is 7.35. The third kappa shape index (κ3) is 7.08. The summed E-state index contributed by atoms with van der Waals surface area (Å²) in [5, 5.41) is 23.1. The molecule has 0 radical (unpaired) electrons. The molecule has 1 atom stereocenters. The van der Waals surface area contributed by atoms with Crippen LogP contribution >= 0.6 is 0 Å². The van der Waals surface area contributed by atoms with E-state index in [0.29, 0.717) is 5.56 Å². The van der Waals surface area contributed by atoms with Gasteiger partial charge in [0.05, 0.1) is 4.92 Å². The van der Waals surface area contributed by atoms with Crippen LogP contribution in [0.5, 0.6) is 5.75 Å². The first-order valence-corrected chi connectivity index (χ1v) is 9.21. The molecule has 0 spiro atoms. The lowest BCUT2D eigenvalue weighted by atomic mass is 10.0. The first-order valence-electron chi connectivity index (χ1n) is 9.21. The van der Waals surface area contributed by atoms with Crippen molar-refractivity contribution in [1.82, 2.24) is 5.32 Å². The fourth-order valence-corrected chi connectivity index (χ4v) is 2.55. The van der Waals surface area contributed by atoms with Crippen LogP contribution in [0.2, 0.25) is 0 Å². The van der Waals surface area contributed by atoms with Crippen molar-refractivity contribution < 1.29 is 29.1 Å². The summed E-state index contributed by atoms with van der Waals surface area (Å²) in [5.74, 6) is -1.22. The van der Waals surface area contributed by atoms with Crippen molar-refractivity contribution in [2.24, 2.45) is 0 Å². The second-order valence-corrected chi connectivity index (χ2v) is 7.58. The molecule has 0 bridgehead atoms. The number of esters is 1. The van der Waals surface area contributed by atoms with E-state index in [1.165, 1.54) is 6.07 Å². The number of phenolic OH excluding ortho intramolecular Hbond substituents is 1. The highest BCUT2D eigenvalue weighted by Gasteiger charge is 2.27. The van der Waals surface area contributed by atoms with E-state index < -0.39 is 40.1 Å². The van der Waals surface area contributed by atoms with Crippen LogP contribution in [0.1, 0.15) is 31.9 Å². The SMILES string of the molecule is CC(C)(C)OC(=O)NC(Cc1ccc(O)c([N+](=O)[O-])c1)C(=O)OCc1ccccc1. The lowest BCUT2D eigenvalue weighted by molar-refractivity contribution is -0.385. The number of amides is 1. The van der Waals surface area contributed by atoms with Gasteiger partial charge in [-0.25, -0.2) is 9.59 Å². The molecule has 2 aromatic carbocycles. The van der Waals surface area contributed by atoms with Gasteiger partial charge < -0.3 is 19.9 Å². The average molecular weight is 416 g/mol. The third-order valence-corrected chi connectivity index (χ3v) is 3.88. The molecule has 30 heavy (non-hydrogen) atoms. The first-order chi connectivity index (χ1) is 14.0. The predicted octanol–water partition coefficient (Wildman–Crippen LogP) is 3.48. The zero-order valence-corrected chi connectivity index (χ0v) is 17.0. The number of nitrogens with one attached hydrogen (secondary N) is 1. The van der Waals surface area contributed by atoms with E-state index >= 15 is 0 Å². The summed E-state index contributed by atoms with van der Waals surface area (Å²) in [6.45, 7) is 5.04. The van der Waals surface area contributed by atoms with Crippen molar-refractivity contribution in [3.63, 3.8) is 0 Å². The highest BCUT2D eigenvalue weighted by molar-refractivity contribution is 5.81. The van der Waals surface area contributed by atoms with Gasteiger partial charge in [0.2, 0.25) is 0 Å². The van der Waals surface area contributed by atoms with Crippen molar-refractivity contribution in [1.29, 1.82) is 0 Å². The maximum atomic E-state index is 12.6. The Morgan fingerprint density at radius 2 is 1.80 bits per heavy atom. The number of nitro groups is 1. The molecule has 0 fully saturated rings. The summed E-state index contributed by atoms with van der Waals surface area (Å²) in [6, 6.07) is 11.6. The van der Waals surface area contributed by atoms with Gasteiger partial charge in [-0.15, -0.1) is 0 Å². The van der Waals surface area contributed by atoms with E-state index in [0.717, 1.165) is 17.7 Å². The Bertz CT molecular complexity index is 907. The van der Waals surface area contributed by atoms with Crippen LogP contribution in [0.4, 0.5) is 10.5 Å². The number of ether oxygens (including phenoxy) is 2. The lowest BCUT2D eigenvalue weighted by Gasteiger charge is -2.23. The second kappa shape index (κ2) is 9.73. The van der Waals surface area contributed by atoms with Gasteiger partial charge in [-0.05, 0) is 38.0 Å². The largest absolute Gasteiger partial charge is 0.502 e. The monoisotopic (exact) mass is 416 g/mol. The van der Waals surface area contributed by atoms with E-state index in [1.54, 1.807) is 45.0 Å². The Labute approximate surface area is 173 Å². The number of aromatic hydroxyl groups is 1. The van der Waals surface area contributed by atoms with Gasteiger partial charge in [0.15, 0.2) is 5.75 Å². The van der Waals surface area contributed by atoms with E-state index in [1.807, 2.05) is 6.07 Å². The maximum Gasteiger partial charge on any atom is 0.408 e. The van der Waals surface area contributed by atoms with Crippen LogP contribution < -0.4 is 5.32 Å². The van der Waals surface area contributed by atoms with E-state index in [4.69, 9.17) is 9.47 Å². The highest BCUT2D eigenvalue weighted by Crippen LogP contribution is 2.27. The zero-order chi connectivity index (χ0) is 22.3. The number of hydrogen-bond acceptors (Lipinski definition) is 7. The lowest BCUT2D eigenvalue weighted by Crippen LogP contribution is -2.45. The number of carbonyl (C=O) groups is 2. The van der Waals surface area contributed by atoms with Gasteiger partial charge in [0.25, 0.3) is 0 Å². The summed E-state index contributed by atoms with van der Waals surface area (Å²) in [4.78, 5) is 35.1. The van der Waals surface area contributed by atoms with Crippen LogP contribution in [0, 0.1) is 10.1 Å². The molecule has 9 nitrogen and oxygen atoms in total. The number of nitrogens with zero attached hydrogens (tertiary/aromatic N) is 1. The molecular formula is C21H24N2O7. The van der Waals surface area contributed by atoms with Crippen LogP contribution in [0.3, 0.4) is 0 Å². The molecule has 0 heterocycles. The number of carbonyl (C=O) groups excluding carboxylic acids is 2. The van der Waals surface area contributed by atoms with Gasteiger partial charge in [0.1, 0.15) is 18.2 Å². The van der Waals surface area contributed by atoms with Crippen LogP contribution in [-0.4, -0.2) is 33.7 Å². The fraction of sp³-hybridized carbons (Fsp3) is 0.333. The van der Waals surface area contributed by atoms with Gasteiger partial charge in [-0.1, -0.05) is 36.4 Å². The summed E-state index contributed by atoms with van der Waals surface area (Å²) in [5.41, 5.74) is -0.152. The Morgan fingerprint density at radius 1 is 1.13 bits per heavy atom. The van der Waals surface area contributed by atoms with Gasteiger partial charge >= 0.3 is 17.7 Å².